The van der Waals surface area contributed by atoms with Crippen LogP contribution in [0.2, 0.25) is 0 Å². The van der Waals surface area contributed by atoms with Gasteiger partial charge in [0.05, 0.1) is 11.4 Å². The van der Waals surface area contributed by atoms with Crippen molar-refractivity contribution in [2.24, 2.45) is 0 Å². The summed E-state index contributed by atoms with van der Waals surface area (Å²) in [7, 11) is 0. The molecule has 17 heavy (non-hydrogen) atoms. The summed E-state index contributed by atoms with van der Waals surface area (Å²) in [4.78, 5) is 7.26. The molecule has 4 nitrogen and oxygen atoms in total. The van der Waals surface area contributed by atoms with Crippen molar-refractivity contribution in [1.82, 2.24) is 10.3 Å². The van der Waals surface area contributed by atoms with Gasteiger partial charge in [0.1, 0.15) is 5.82 Å². The minimum Gasteiger partial charge on any atom is -0.397 e. The van der Waals surface area contributed by atoms with E-state index in [4.69, 9.17) is 10.7 Å². The smallest absolute Gasteiger partial charge is 0.129 e. The molecule has 4 heteroatoms. The Kier molecular flexibility index (Phi) is 1.92. The number of aromatic nitrogens is 1. The van der Waals surface area contributed by atoms with E-state index in [0.29, 0.717) is 18.0 Å². The molecule has 3 heterocycles. The molecule has 0 amide bonds. The van der Waals surface area contributed by atoms with Gasteiger partial charge in [-0.05, 0) is 31.4 Å². The third kappa shape index (κ3) is 1.51. The SMILES string of the molecule is Nc1ccc(N2C[C@H]3C[C@@H]2CN3)nc1C1CC1. The number of piperazine rings is 1. The molecule has 3 aliphatic rings. The van der Waals surface area contributed by atoms with Crippen molar-refractivity contribution in [3.63, 3.8) is 0 Å². The number of fused-ring (bicyclic) bond motifs is 2. The monoisotopic (exact) mass is 230 g/mol. The van der Waals surface area contributed by atoms with Gasteiger partial charge >= 0.3 is 0 Å². The summed E-state index contributed by atoms with van der Waals surface area (Å²) >= 11 is 0. The van der Waals surface area contributed by atoms with Crippen LogP contribution in [0.15, 0.2) is 12.1 Å². The van der Waals surface area contributed by atoms with Crippen molar-refractivity contribution in [3.8, 4) is 0 Å². The van der Waals surface area contributed by atoms with Gasteiger partial charge < -0.3 is 16.0 Å². The minimum atomic E-state index is 0.632. The van der Waals surface area contributed by atoms with Crippen LogP contribution in [0.25, 0.3) is 0 Å². The highest BCUT2D eigenvalue weighted by Gasteiger charge is 2.38. The van der Waals surface area contributed by atoms with Crippen molar-refractivity contribution in [3.05, 3.63) is 17.8 Å². The van der Waals surface area contributed by atoms with Crippen molar-refractivity contribution >= 4 is 11.5 Å². The maximum atomic E-state index is 6.01. The number of anilines is 2. The van der Waals surface area contributed by atoms with E-state index in [1.165, 1.54) is 19.3 Å². The molecular weight excluding hydrogens is 212 g/mol. The Morgan fingerprint density at radius 1 is 1.35 bits per heavy atom. The van der Waals surface area contributed by atoms with Crippen molar-refractivity contribution in [2.45, 2.75) is 37.3 Å². The molecular formula is C13H18N4. The van der Waals surface area contributed by atoms with E-state index in [1.54, 1.807) is 0 Å². The molecule has 4 rings (SSSR count). The Balaban J connectivity index is 1.67. The van der Waals surface area contributed by atoms with Crippen molar-refractivity contribution in [2.75, 3.05) is 23.7 Å². The maximum absolute atomic E-state index is 6.01. The average Bonchev–Trinajstić information content (AvgIpc) is 2.97. The van der Waals surface area contributed by atoms with Gasteiger partial charge in [-0.3, -0.25) is 0 Å². The Labute approximate surface area is 101 Å². The summed E-state index contributed by atoms with van der Waals surface area (Å²) in [5.41, 5.74) is 8.02. The van der Waals surface area contributed by atoms with E-state index in [0.717, 1.165) is 30.3 Å². The highest BCUT2D eigenvalue weighted by atomic mass is 15.3. The van der Waals surface area contributed by atoms with E-state index in [1.807, 2.05) is 6.07 Å². The fourth-order valence-electron chi connectivity index (χ4n) is 3.16. The van der Waals surface area contributed by atoms with Crippen LogP contribution in [0, 0.1) is 0 Å². The zero-order valence-corrected chi connectivity index (χ0v) is 9.89. The van der Waals surface area contributed by atoms with E-state index < -0.39 is 0 Å². The van der Waals surface area contributed by atoms with Crippen LogP contribution in [0.1, 0.15) is 30.9 Å². The normalized spacial score (nSPS) is 31.2. The molecule has 1 aromatic rings. The van der Waals surface area contributed by atoms with Crippen LogP contribution in [-0.4, -0.2) is 30.2 Å². The van der Waals surface area contributed by atoms with Crippen LogP contribution in [0.3, 0.4) is 0 Å². The lowest BCUT2D eigenvalue weighted by Gasteiger charge is -2.29. The molecule has 2 saturated heterocycles. The van der Waals surface area contributed by atoms with Crippen LogP contribution < -0.4 is 16.0 Å². The molecule has 1 saturated carbocycles. The Morgan fingerprint density at radius 3 is 2.88 bits per heavy atom. The molecule has 2 atom stereocenters. The van der Waals surface area contributed by atoms with Crippen molar-refractivity contribution in [1.29, 1.82) is 0 Å². The first-order valence-electron chi connectivity index (χ1n) is 6.57. The van der Waals surface area contributed by atoms with Gasteiger partial charge in [0.2, 0.25) is 0 Å². The first kappa shape index (κ1) is 9.71. The van der Waals surface area contributed by atoms with Crippen LogP contribution in [-0.2, 0) is 0 Å². The number of nitrogens with two attached hydrogens (primary N) is 1. The predicted octanol–water partition coefficient (Wildman–Crippen LogP) is 1.09. The number of hydrogen-bond donors (Lipinski definition) is 2. The van der Waals surface area contributed by atoms with Gasteiger partial charge in [0, 0.05) is 31.1 Å². The standard InChI is InChI=1S/C13H18N4/c14-11-3-4-12(16-13(11)8-1-2-8)17-7-9-5-10(17)6-15-9/h3-4,8-10,15H,1-2,5-7,14H2/t9-,10-/m1/s1. The molecule has 2 bridgehead atoms. The van der Waals surface area contributed by atoms with E-state index in [-0.39, 0.29) is 0 Å². The number of nitrogen functional groups attached to an aromatic ring is 1. The molecule has 3 fully saturated rings. The summed E-state index contributed by atoms with van der Waals surface area (Å²) in [6.07, 6.45) is 3.79. The fraction of sp³-hybridized carbons (Fsp3) is 0.615. The average molecular weight is 230 g/mol. The highest BCUT2D eigenvalue weighted by Crippen LogP contribution is 2.42. The van der Waals surface area contributed by atoms with Gasteiger partial charge in [-0.1, -0.05) is 0 Å². The van der Waals surface area contributed by atoms with Gasteiger partial charge in [-0.25, -0.2) is 4.98 Å². The first-order chi connectivity index (χ1) is 8.31. The summed E-state index contributed by atoms with van der Waals surface area (Å²) in [5.74, 6) is 1.77. The Morgan fingerprint density at radius 2 is 2.24 bits per heavy atom. The number of pyridine rings is 1. The lowest BCUT2D eigenvalue weighted by Crippen LogP contribution is -2.44. The molecule has 0 spiro atoms. The number of nitrogens with zero attached hydrogens (tertiary/aromatic N) is 2. The fourth-order valence-corrected chi connectivity index (χ4v) is 3.16. The highest BCUT2D eigenvalue weighted by molar-refractivity contribution is 5.54. The second-order valence-electron chi connectivity index (χ2n) is 5.57. The zero-order valence-electron chi connectivity index (χ0n) is 9.89. The van der Waals surface area contributed by atoms with Gasteiger partial charge in [-0.15, -0.1) is 0 Å². The summed E-state index contributed by atoms with van der Waals surface area (Å²) in [5, 5.41) is 3.52. The van der Waals surface area contributed by atoms with Crippen LogP contribution >= 0.6 is 0 Å². The molecule has 2 aliphatic heterocycles. The Hall–Kier alpha value is -1.29. The third-order valence-corrected chi connectivity index (χ3v) is 4.26. The molecule has 0 aromatic carbocycles. The molecule has 0 unspecified atom stereocenters. The van der Waals surface area contributed by atoms with E-state index in [9.17, 15) is 0 Å². The Bertz CT molecular complexity index is 455. The first-order valence-corrected chi connectivity index (χ1v) is 6.57. The van der Waals surface area contributed by atoms with E-state index in [2.05, 4.69) is 16.3 Å². The third-order valence-electron chi connectivity index (χ3n) is 4.26. The topological polar surface area (TPSA) is 54.2 Å². The van der Waals surface area contributed by atoms with Crippen molar-refractivity contribution < 1.29 is 0 Å². The van der Waals surface area contributed by atoms with E-state index >= 15 is 0 Å². The molecule has 90 valence electrons. The summed E-state index contributed by atoms with van der Waals surface area (Å²) < 4.78 is 0. The second-order valence-corrected chi connectivity index (χ2v) is 5.57. The van der Waals surface area contributed by atoms with Crippen LogP contribution in [0.4, 0.5) is 11.5 Å². The van der Waals surface area contributed by atoms with Gasteiger partial charge in [0.25, 0.3) is 0 Å². The largest absolute Gasteiger partial charge is 0.397 e. The number of nitrogens with one attached hydrogen (secondary N) is 1. The minimum absolute atomic E-state index is 0.632. The lowest BCUT2D eigenvalue weighted by molar-refractivity contribution is 0.576. The lowest BCUT2D eigenvalue weighted by atomic mass is 10.2. The van der Waals surface area contributed by atoms with Gasteiger partial charge in [0.15, 0.2) is 0 Å². The quantitative estimate of drug-likeness (QED) is 0.798. The zero-order chi connectivity index (χ0) is 11.4. The predicted molar refractivity (Wildman–Crippen MR) is 68.2 cm³/mol. The maximum Gasteiger partial charge on any atom is 0.129 e. The molecule has 1 aliphatic carbocycles. The number of rotatable bonds is 2. The molecule has 0 radical (unpaired) electrons. The second kappa shape index (κ2) is 3.35. The van der Waals surface area contributed by atoms with Gasteiger partial charge in [-0.2, -0.15) is 0 Å². The number of hydrogen-bond acceptors (Lipinski definition) is 4. The molecule has 3 N–H and O–H groups in total. The van der Waals surface area contributed by atoms with Crippen LogP contribution in [0.5, 0.6) is 0 Å². The molecule has 1 aromatic heterocycles. The summed E-state index contributed by atoms with van der Waals surface area (Å²) in [6.45, 7) is 2.21. The summed E-state index contributed by atoms with van der Waals surface area (Å²) in [6, 6.07) is 5.43.